The van der Waals surface area contributed by atoms with Crippen LogP contribution in [0.3, 0.4) is 0 Å². The van der Waals surface area contributed by atoms with Crippen LogP contribution in [0.15, 0.2) is 12.3 Å². The molecular weight excluding hydrogens is 302 g/mol. The van der Waals surface area contributed by atoms with Gasteiger partial charge in [-0.25, -0.2) is 9.67 Å². The number of pyridine rings is 1. The van der Waals surface area contributed by atoms with E-state index in [-0.39, 0.29) is 18.0 Å². The molecule has 0 radical (unpaired) electrons. The van der Waals surface area contributed by atoms with E-state index in [2.05, 4.69) is 31.2 Å². The Morgan fingerprint density at radius 3 is 2.83 bits per heavy atom. The lowest BCUT2D eigenvalue weighted by Crippen LogP contribution is -2.52. The Labute approximate surface area is 142 Å². The molecule has 1 saturated carbocycles. The number of amides is 1. The molecular formula is C18H25N5O. The normalized spacial score (nSPS) is 21.7. The molecule has 1 amide bonds. The topological polar surface area (TPSA) is 63.1 Å². The molecule has 2 aliphatic rings. The Kier molecular flexibility index (Phi) is 3.79. The van der Waals surface area contributed by atoms with Gasteiger partial charge in [-0.15, -0.1) is 0 Å². The molecule has 3 heterocycles. The lowest BCUT2D eigenvalue weighted by Gasteiger charge is -2.34. The molecule has 1 atom stereocenters. The molecule has 2 aromatic heterocycles. The minimum atomic E-state index is 0.113. The van der Waals surface area contributed by atoms with Gasteiger partial charge in [-0.05, 0) is 39.7 Å². The molecule has 0 aromatic carbocycles. The first kappa shape index (κ1) is 15.6. The summed E-state index contributed by atoms with van der Waals surface area (Å²) in [4.78, 5) is 20.1. The van der Waals surface area contributed by atoms with Crippen LogP contribution in [0.4, 0.5) is 0 Å². The highest BCUT2D eigenvalue weighted by Gasteiger charge is 2.31. The number of nitrogens with one attached hydrogen (secondary N) is 1. The van der Waals surface area contributed by atoms with Crippen LogP contribution >= 0.6 is 0 Å². The van der Waals surface area contributed by atoms with E-state index in [0.717, 1.165) is 41.9 Å². The van der Waals surface area contributed by atoms with E-state index in [4.69, 9.17) is 4.98 Å². The van der Waals surface area contributed by atoms with Gasteiger partial charge in [-0.1, -0.05) is 0 Å². The SMILES string of the molecule is CC(C)n1ncc2c(C(=O)N3CCNC[C@@H]3C)cc(C3CC3)nc21. The van der Waals surface area contributed by atoms with Gasteiger partial charge in [0.15, 0.2) is 5.65 Å². The van der Waals surface area contributed by atoms with Gasteiger partial charge in [0.2, 0.25) is 0 Å². The van der Waals surface area contributed by atoms with Gasteiger partial charge in [-0.3, -0.25) is 4.79 Å². The van der Waals surface area contributed by atoms with Gasteiger partial charge in [-0.2, -0.15) is 5.10 Å². The number of carbonyl (C=O) groups is 1. The molecule has 0 unspecified atom stereocenters. The van der Waals surface area contributed by atoms with Crippen LogP contribution < -0.4 is 5.32 Å². The average molecular weight is 327 g/mol. The minimum absolute atomic E-state index is 0.113. The number of fused-ring (bicyclic) bond motifs is 1. The summed E-state index contributed by atoms with van der Waals surface area (Å²) in [6, 6.07) is 2.45. The van der Waals surface area contributed by atoms with Gasteiger partial charge < -0.3 is 10.2 Å². The third-order valence-corrected chi connectivity index (χ3v) is 5.06. The van der Waals surface area contributed by atoms with Crippen molar-refractivity contribution in [2.75, 3.05) is 19.6 Å². The number of aromatic nitrogens is 3. The van der Waals surface area contributed by atoms with Gasteiger partial charge >= 0.3 is 0 Å². The fourth-order valence-corrected chi connectivity index (χ4v) is 3.48. The predicted molar refractivity (Wildman–Crippen MR) is 93.3 cm³/mol. The molecule has 128 valence electrons. The summed E-state index contributed by atoms with van der Waals surface area (Å²) in [5, 5.41) is 8.72. The Morgan fingerprint density at radius 1 is 1.38 bits per heavy atom. The second-order valence-corrected chi connectivity index (χ2v) is 7.34. The zero-order valence-electron chi connectivity index (χ0n) is 14.6. The van der Waals surface area contributed by atoms with Crippen LogP contribution in [0.5, 0.6) is 0 Å². The molecule has 6 heteroatoms. The van der Waals surface area contributed by atoms with E-state index >= 15 is 0 Å². The highest BCUT2D eigenvalue weighted by Crippen LogP contribution is 2.40. The maximum atomic E-state index is 13.2. The summed E-state index contributed by atoms with van der Waals surface area (Å²) >= 11 is 0. The molecule has 0 spiro atoms. The highest BCUT2D eigenvalue weighted by atomic mass is 16.2. The lowest BCUT2D eigenvalue weighted by molar-refractivity contribution is 0.0657. The first-order valence-electron chi connectivity index (χ1n) is 8.96. The van der Waals surface area contributed by atoms with Crippen molar-refractivity contribution in [3.8, 4) is 0 Å². The number of piperazine rings is 1. The van der Waals surface area contributed by atoms with Crippen molar-refractivity contribution in [1.29, 1.82) is 0 Å². The smallest absolute Gasteiger partial charge is 0.255 e. The first-order chi connectivity index (χ1) is 11.6. The molecule has 1 N–H and O–H groups in total. The number of hydrogen-bond acceptors (Lipinski definition) is 4. The fourth-order valence-electron chi connectivity index (χ4n) is 3.48. The van der Waals surface area contributed by atoms with Crippen LogP contribution in [-0.4, -0.2) is 51.2 Å². The molecule has 2 aromatic rings. The van der Waals surface area contributed by atoms with Crippen LogP contribution in [0.1, 0.15) is 61.6 Å². The molecule has 6 nitrogen and oxygen atoms in total. The Balaban J connectivity index is 1.82. The van der Waals surface area contributed by atoms with E-state index in [0.29, 0.717) is 5.92 Å². The predicted octanol–water partition coefficient (Wildman–Crippen LogP) is 2.32. The van der Waals surface area contributed by atoms with Crippen molar-refractivity contribution in [1.82, 2.24) is 25.0 Å². The van der Waals surface area contributed by atoms with Crippen molar-refractivity contribution in [2.45, 2.75) is 51.6 Å². The fraction of sp³-hybridized carbons (Fsp3) is 0.611. The third-order valence-electron chi connectivity index (χ3n) is 5.06. The standard InChI is InChI=1S/C18H25N5O/c1-11(2)23-17-15(10-20-23)14(8-16(21-17)13-4-5-13)18(24)22-7-6-19-9-12(22)3/h8,10-13,19H,4-7,9H2,1-3H3/t12-/m0/s1. The highest BCUT2D eigenvalue weighted by molar-refractivity contribution is 6.05. The Bertz CT molecular complexity index is 777. The van der Waals surface area contributed by atoms with E-state index in [1.54, 1.807) is 6.20 Å². The summed E-state index contributed by atoms with van der Waals surface area (Å²) in [6.45, 7) is 8.74. The minimum Gasteiger partial charge on any atom is -0.333 e. The van der Waals surface area contributed by atoms with Gasteiger partial charge in [0.05, 0.1) is 17.1 Å². The van der Waals surface area contributed by atoms with E-state index in [1.165, 1.54) is 12.8 Å². The molecule has 1 saturated heterocycles. The number of hydrogen-bond donors (Lipinski definition) is 1. The first-order valence-corrected chi connectivity index (χ1v) is 8.96. The quantitative estimate of drug-likeness (QED) is 0.940. The summed E-state index contributed by atoms with van der Waals surface area (Å²) in [7, 11) is 0. The van der Waals surface area contributed by atoms with Gasteiger partial charge in [0, 0.05) is 43.3 Å². The molecule has 1 aliphatic heterocycles. The van der Waals surface area contributed by atoms with Crippen molar-refractivity contribution >= 4 is 16.9 Å². The number of nitrogens with zero attached hydrogens (tertiary/aromatic N) is 4. The summed E-state index contributed by atoms with van der Waals surface area (Å²) < 4.78 is 1.93. The third kappa shape index (κ3) is 2.59. The zero-order valence-corrected chi connectivity index (χ0v) is 14.6. The van der Waals surface area contributed by atoms with E-state index < -0.39 is 0 Å². The molecule has 4 rings (SSSR count). The second kappa shape index (κ2) is 5.84. The monoisotopic (exact) mass is 327 g/mol. The van der Waals surface area contributed by atoms with Crippen LogP contribution in [-0.2, 0) is 0 Å². The molecule has 1 aliphatic carbocycles. The van der Waals surface area contributed by atoms with E-state index in [1.807, 2.05) is 15.6 Å². The van der Waals surface area contributed by atoms with Crippen LogP contribution in [0.25, 0.3) is 11.0 Å². The average Bonchev–Trinajstić information content (AvgIpc) is 3.32. The Morgan fingerprint density at radius 2 is 2.17 bits per heavy atom. The number of rotatable bonds is 3. The number of carbonyl (C=O) groups excluding carboxylic acids is 1. The lowest BCUT2D eigenvalue weighted by atomic mass is 10.1. The maximum Gasteiger partial charge on any atom is 0.255 e. The summed E-state index contributed by atoms with van der Waals surface area (Å²) in [6.07, 6.45) is 4.15. The van der Waals surface area contributed by atoms with Gasteiger partial charge in [0.1, 0.15) is 0 Å². The van der Waals surface area contributed by atoms with Crippen molar-refractivity contribution in [3.05, 3.63) is 23.5 Å². The summed E-state index contributed by atoms with van der Waals surface area (Å²) in [5.41, 5.74) is 2.67. The second-order valence-electron chi connectivity index (χ2n) is 7.34. The zero-order chi connectivity index (χ0) is 16.8. The van der Waals surface area contributed by atoms with Crippen molar-refractivity contribution in [3.63, 3.8) is 0 Å². The molecule has 2 fully saturated rings. The largest absolute Gasteiger partial charge is 0.333 e. The summed E-state index contributed by atoms with van der Waals surface area (Å²) in [5.74, 6) is 0.624. The van der Waals surface area contributed by atoms with Crippen molar-refractivity contribution < 1.29 is 4.79 Å². The maximum absolute atomic E-state index is 13.2. The van der Waals surface area contributed by atoms with Crippen LogP contribution in [0.2, 0.25) is 0 Å². The van der Waals surface area contributed by atoms with Gasteiger partial charge in [0.25, 0.3) is 5.91 Å². The molecule has 0 bridgehead atoms. The molecule has 24 heavy (non-hydrogen) atoms. The van der Waals surface area contributed by atoms with Crippen LogP contribution in [0, 0.1) is 0 Å². The van der Waals surface area contributed by atoms with E-state index in [9.17, 15) is 4.79 Å². The Hall–Kier alpha value is -1.95. The van der Waals surface area contributed by atoms with Crippen molar-refractivity contribution in [2.24, 2.45) is 0 Å².